The molecule has 3 aromatic rings. The van der Waals surface area contributed by atoms with E-state index in [2.05, 4.69) is 25.5 Å². The summed E-state index contributed by atoms with van der Waals surface area (Å²) in [5, 5.41) is 10.8. The molecule has 4 heterocycles. The van der Waals surface area contributed by atoms with Crippen molar-refractivity contribution in [2.45, 2.75) is 44.7 Å². The predicted octanol–water partition coefficient (Wildman–Crippen LogP) is 3.92. The van der Waals surface area contributed by atoms with Crippen LogP contribution in [0, 0.1) is 5.92 Å². The topological polar surface area (TPSA) is 109 Å². The van der Waals surface area contributed by atoms with E-state index in [4.69, 9.17) is 32.9 Å². The SMILES string of the molecule is O=C(N[C@H](Cc1ncn[nH]1)c1ccc(Cl)c(Cl)c1)N1CCc2cnc(CC3CCOCC3)nc2C1. The highest BCUT2D eigenvalue weighted by molar-refractivity contribution is 6.42. The standard InChI is InChI=1S/C24H27Cl2N7O2/c25-18-2-1-16(10-19(18)26)20(11-23-28-14-29-32-23)31-24(34)33-6-3-17-12-27-22(30-21(17)13-33)9-15-4-7-35-8-5-15/h1-2,10,12,14-15,20H,3-9,11,13H2,(H,31,34)(H,28,29,32)/t20-/m1/s1. The number of H-pyrrole nitrogens is 1. The van der Waals surface area contributed by atoms with Crippen LogP contribution in [0.2, 0.25) is 10.0 Å². The van der Waals surface area contributed by atoms with Crippen LogP contribution in [0.5, 0.6) is 0 Å². The molecule has 35 heavy (non-hydrogen) atoms. The molecule has 2 amide bonds. The lowest BCUT2D eigenvalue weighted by atomic mass is 9.96. The van der Waals surface area contributed by atoms with E-state index in [1.54, 1.807) is 17.0 Å². The highest BCUT2D eigenvalue weighted by Gasteiger charge is 2.26. The van der Waals surface area contributed by atoms with Gasteiger partial charge in [-0.3, -0.25) is 5.10 Å². The minimum absolute atomic E-state index is 0.171. The number of aromatic nitrogens is 5. The van der Waals surface area contributed by atoms with Crippen LogP contribution in [0.1, 0.15) is 47.4 Å². The molecule has 2 aliphatic rings. The monoisotopic (exact) mass is 515 g/mol. The summed E-state index contributed by atoms with van der Waals surface area (Å²) in [6.07, 6.45) is 7.45. The number of rotatable bonds is 6. The van der Waals surface area contributed by atoms with Crippen LogP contribution in [0.3, 0.4) is 0 Å². The summed E-state index contributed by atoms with van der Waals surface area (Å²) in [5.41, 5.74) is 2.86. The summed E-state index contributed by atoms with van der Waals surface area (Å²) < 4.78 is 5.46. The number of halogens is 2. The number of ether oxygens (including phenoxy) is 1. The van der Waals surface area contributed by atoms with Gasteiger partial charge in [0.05, 0.1) is 28.3 Å². The van der Waals surface area contributed by atoms with Crippen molar-refractivity contribution in [1.29, 1.82) is 0 Å². The van der Waals surface area contributed by atoms with Crippen LogP contribution in [-0.4, -0.2) is 55.8 Å². The number of hydrogen-bond acceptors (Lipinski definition) is 6. The normalized spacial score (nSPS) is 17.1. The fourth-order valence-electron chi connectivity index (χ4n) is 4.57. The first-order chi connectivity index (χ1) is 17.0. The maximum atomic E-state index is 13.3. The zero-order chi connectivity index (χ0) is 24.2. The molecule has 0 aliphatic carbocycles. The molecule has 0 saturated carbocycles. The average molecular weight is 516 g/mol. The van der Waals surface area contributed by atoms with Gasteiger partial charge in [0.25, 0.3) is 0 Å². The lowest BCUT2D eigenvalue weighted by Crippen LogP contribution is -2.45. The molecule has 2 aromatic heterocycles. The van der Waals surface area contributed by atoms with E-state index in [1.807, 2.05) is 12.3 Å². The summed E-state index contributed by atoms with van der Waals surface area (Å²) in [4.78, 5) is 28.8. The van der Waals surface area contributed by atoms with Gasteiger partial charge in [-0.2, -0.15) is 5.10 Å². The van der Waals surface area contributed by atoms with Crippen molar-refractivity contribution in [3.63, 3.8) is 0 Å². The quantitative estimate of drug-likeness (QED) is 0.514. The predicted molar refractivity (Wildman–Crippen MR) is 131 cm³/mol. The Morgan fingerprint density at radius 2 is 2.09 bits per heavy atom. The Hall–Kier alpha value is -2.75. The Morgan fingerprint density at radius 3 is 2.86 bits per heavy atom. The van der Waals surface area contributed by atoms with E-state index in [0.717, 1.165) is 61.5 Å². The lowest BCUT2D eigenvalue weighted by molar-refractivity contribution is 0.0659. The molecular formula is C24H27Cl2N7O2. The van der Waals surface area contributed by atoms with E-state index >= 15 is 0 Å². The second-order valence-corrected chi connectivity index (χ2v) is 9.82. The maximum absolute atomic E-state index is 13.3. The third kappa shape index (κ3) is 5.91. The van der Waals surface area contributed by atoms with Crippen LogP contribution >= 0.6 is 23.2 Å². The second-order valence-electron chi connectivity index (χ2n) is 9.00. The summed E-state index contributed by atoms with van der Waals surface area (Å²) in [6.45, 7) is 2.65. The molecule has 0 bridgehead atoms. The first-order valence-electron chi connectivity index (χ1n) is 11.8. The molecule has 5 rings (SSSR count). The summed E-state index contributed by atoms with van der Waals surface area (Å²) in [5.74, 6) is 2.06. The molecular weight excluding hydrogens is 489 g/mol. The van der Waals surface area contributed by atoms with Crippen molar-refractivity contribution in [3.05, 3.63) is 69.2 Å². The number of carbonyl (C=O) groups is 1. The Balaban J connectivity index is 1.29. The van der Waals surface area contributed by atoms with Gasteiger partial charge in [0, 0.05) is 38.8 Å². The summed E-state index contributed by atoms with van der Waals surface area (Å²) >= 11 is 12.4. The molecule has 184 valence electrons. The van der Waals surface area contributed by atoms with Gasteiger partial charge in [0.2, 0.25) is 0 Å². The van der Waals surface area contributed by atoms with Crippen molar-refractivity contribution in [2.75, 3.05) is 19.8 Å². The molecule has 1 fully saturated rings. The number of urea groups is 1. The van der Waals surface area contributed by atoms with Gasteiger partial charge in [0.1, 0.15) is 18.0 Å². The molecule has 1 saturated heterocycles. The number of benzene rings is 1. The van der Waals surface area contributed by atoms with Crippen molar-refractivity contribution in [3.8, 4) is 0 Å². The van der Waals surface area contributed by atoms with Crippen LogP contribution < -0.4 is 5.32 Å². The minimum atomic E-state index is -0.360. The number of hydrogen-bond donors (Lipinski definition) is 2. The number of fused-ring (bicyclic) bond motifs is 1. The highest BCUT2D eigenvalue weighted by atomic mass is 35.5. The molecule has 0 radical (unpaired) electrons. The fourth-order valence-corrected chi connectivity index (χ4v) is 4.88. The van der Waals surface area contributed by atoms with Crippen molar-refractivity contribution >= 4 is 29.2 Å². The van der Waals surface area contributed by atoms with E-state index in [-0.39, 0.29) is 12.1 Å². The third-order valence-electron chi connectivity index (χ3n) is 6.60. The van der Waals surface area contributed by atoms with E-state index in [9.17, 15) is 4.79 Å². The van der Waals surface area contributed by atoms with Gasteiger partial charge < -0.3 is 15.0 Å². The molecule has 1 atom stereocenters. The molecule has 2 aliphatic heterocycles. The Morgan fingerprint density at radius 1 is 1.23 bits per heavy atom. The van der Waals surface area contributed by atoms with E-state index in [0.29, 0.717) is 41.3 Å². The molecule has 1 aromatic carbocycles. The maximum Gasteiger partial charge on any atom is 0.318 e. The first kappa shape index (κ1) is 24.0. The molecule has 0 unspecified atom stereocenters. The van der Waals surface area contributed by atoms with Crippen LogP contribution in [0.4, 0.5) is 4.79 Å². The van der Waals surface area contributed by atoms with Gasteiger partial charge >= 0.3 is 6.03 Å². The fraction of sp³-hybridized carbons (Fsp3) is 0.458. The average Bonchev–Trinajstić information content (AvgIpc) is 3.39. The van der Waals surface area contributed by atoms with Crippen LogP contribution in [0.15, 0.2) is 30.7 Å². The third-order valence-corrected chi connectivity index (χ3v) is 7.34. The first-order valence-corrected chi connectivity index (χ1v) is 12.6. The number of nitrogens with one attached hydrogen (secondary N) is 2. The Kier molecular flexibility index (Phi) is 7.46. The van der Waals surface area contributed by atoms with E-state index < -0.39 is 0 Å². The summed E-state index contributed by atoms with van der Waals surface area (Å²) in [7, 11) is 0. The van der Waals surface area contributed by atoms with Gasteiger partial charge in [-0.25, -0.2) is 19.7 Å². The second kappa shape index (κ2) is 10.9. The van der Waals surface area contributed by atoms with Gasteiger partial charge in [-0.15, -0.1) is 0 Å². The summed E-state index contributed by atoms with van der Waals surface area (Å²) in [6, 6.07) is 4.83. The number of carbonyl (C=O) groups excluding carboxylic acids is 1. The zero-order valence-corrected chi connectivity index (χ0v) is 20.7. The van der Waals surface area contributed by atoms with Gasteiger partial charge in [0.15, 0.2) is 0 Å². The highest BCUT2D eigenvalue weighted by Crippen LogP contribution is 2.28. The van der Waals surface area contributed by atoms with Crippen molar-refractivity contribution < 1.29 is 9.53 Å². The van der Waals surface area contributed by atoms with Crippen molar-refractivity contribution in [1.82, 2.24) is 35.4 Å². The number of amides is 2. The molecule has 2 N–H and O–H groups in total. The molecule has 9 nitrogen and oxygen atoms in total. The number of aromatic amines is 1. The van der Waals surface area contributed by atoms with Crippen LogP contribution in [0.25, 0.3) is 0 Å². The van der Waals surface area contributed by atoms with Gasteiger partial charge in [-0.05, 0) is 48.4 Å². The van der Waals surface area contributed by atoms with Gasteiger partial charge in [-0.1, -0.05) is 29.3 Å². The molecule has 11 heteroatoms. The molecule has 0 spiro atoms. The Bertz CT molecular complexity index is 1170. The van der Waals surface area contributed by atoms with E-state index in [1.165, 1.54) is 6.33 Å². The Labute approximate surface area is 213 Å². The van der Waals surface area contributed by atoms with Crippen LogP contribution in [-0.2, 0) is 30.5 Å². The zero-order valence-electron chi connectivity index (χ0n) is 19.2. The smallest absolute Gasteiger partial charge is 0.318 e. The number of nitrogens with zero attached hydrogens (tertiary/aromatic N) is 5. The lowest BCUT2D eigenvalue weighted by Gasteiger charge is -2.30. The van der Waals surface area contributed by atoms with Crippen molar-refractivity contribution in [2.24, 2.45) is 5.92 Å². The largest absolute Gasteiger partial charge is 0.381 e. The minimum Gasteiger partial charge on any atom is -0.381 e.